The molecule has 4 rings (SSSR count). The molecule has 2 N–H and O–H groups in total. The Hall–Kier alpha value is -3.74. The minimum Gasteiger partial charge on any atom is -0.503 e. The zero-order valence-electron chi connectivity index (χ0n) is 14.3. The molecule has 0 saturated heterocycles. The van der Waals surface area contributed by atoms with E-state index in [1.54, 1.807) is 42.5 Å². The summed E-state index contributed by atoms with van der Waals surface area (Å²) >= 11 is 0. The SMILES string of the molecule is Oc1c(F)cc(-c2cccc(-c3cnc(Nc4ccccc4F)o3)c2)cc1F. The minimum atomic E-state index is -1.04. The second kappa shape index (κ2) is 7.11. The van der Waals surface area contributed by atoms with Crippen molar-refractivity contribution in [1.29, 1.82) is 0 Å². The number of aromatic nitrogens is 1. The van der Waals surface area contributed by atoms with Gasteiger partial charge in [0.2, 0.25) is 0 Å². The molecule has 0 spiro atoms. The molecule has 140 valence electrons. The molecule has 7 heteroatoms. The van der Waals surface area contributed by atoms with Gasteiger partial charge in [-0.3, -0.25) is 0 Å². The van der Waals surface area contributed by atoms with E-state index in [2.05, 4.69) is 10.3 Å². The predicted molar refractivity (Wildman–Crippen MR) is 98.6 cm³/mol. The van der Waals surface area contributed by atoms with E-state index in [9.17, 15) is 18.3 Å². The quantitative estimate of drug-likeness (QED) is 0.463. The van der Waals surface area contributed by atoms with Crippen LogP contribution in [0.2, 0.25) is 0 Å². The fourth-order valence-corrected chi connectivity index (χ4v) is 2.73. The van der Waals surface area contributed by atoms with Crippen LogP contribution in [-0.4, -0.2) is 10.1 Å². The molecular weight excluding hydrogens is 369 g/mol. The molecule has 0 amide bonds. The highest BCUT2D eigenvalue weighted by Crippen LogP contribution is 2.32. The molecule has 4 nitrogen and oxygen atoms in total. The van der Waals surface area contributed by atoms with Gasteiger partial charge in [-0.05, 0) is 41.5 Å². The van der Waals surface area contributed by atoms with Gasteiger partial charge >= 0.3 is 0 Å². The number of oxazole rings is 1. The van der Waals surface area contributed by atoms with Crippen LogP contribution in [0, 0.1) is 17.5 Å². The summed E-state index contributed by atoms with van der Waals surface area (Å²) in [5, 5.41) is 12.0. The molecule has 0 unspecified atom stereocenters. The van der Waals surface area contributed by atoms with Gasteiger partial charge in [0.25, 0.3) is 6.01 Å². The van der Waals surface area contributed by atoms with Gasteiger partial charge in [-0.2, -0.15) is 0 Å². The second-order valence-electron chi connectivity index (χ2n) is 6.00. The molecule has 4 aromatic rings. The molecule has 1 heterocycles. The molecule has 0 radical (unpaired) electrons. The van der Waals surface area contributed by atoms with Gasteiger partial charge in [0.1, 0.15) is 5.82 Å². The Bertz CT molecular complexity index is 1130. The zero-order valence-corrected chi connectivity index (χ0v) is 14.3. The topological polar surface area (TPSA) is 58.3 Å². The highest BCUT2D eigenvalue weighted by molar-refractivity contribution is 5.71. The molecule has 1 aromatic heterocycles. The fourth-order valence-electron chi connectivity index (χ4n) is 2.73. The van der Waals surface area contributed by atoms with Gasteiger partial charge in [-0.15, -0.1) is 0 Å². The van der Waals surface area contributed by atoms with Crippen molar-refractivity contribution in [3.63, 3.8) is 0 Å². The number of hydrogen-bond acceptors (Lipinski definition) is 4. The van der Waals surface area contributed by atoms with E-state index in [1.165, 1.54) is 12.3 Å². The number of nitrogens with one attached hydrogen (secondary N) is 1. The highest BCUT2D eigenvalue weighted by atomic mass is 19.1. The molecular formula is C21H13F3N2O2. The van der Waals surface area contributed by atoms with Gasteiger partial charge in [0, 0.05) is 5.56 Å². The Morgan fingerprint density at radius 2 is 1.50 bits per heavy atom. The molecule has 0 atom stereocenters. The van der Waals surface area contributed by atoms with Crippen molar-refractivity contribution in [3.8, 4) is 28.2 Å². The Labute approximate surface area is 157 Å². The number of phenols is 1. The molecule has 0 fully saturated rings. The summed E-state index contributed by atoms with van der Waals surface area (Å²) in [6.45, 7) is 0. The van der Waals surface area contributed by atoms with Gasteiger partial charge in [0.15, 0.2) is 23.1 Å². The number of phenolic OH excluding ortho intramolecular Hbond substituents is 1. The van der Waals surface area contributed by atoms with Crippen LogP contribution in [0.5, 0.6) is 5.75 Å². The summed E-state index contributed by atoms with van der Waals surface area (Å²) in [6.07, 6.45) is 1.46. The first-order valence-electron chi connectivity index (χ1n) is 8.27. The van der Waals surface area contributed by atoms with Crippen LogP contribution in [0.1, 0.15) is 0 Å². The summed E-state index contributed by atoms with van der Waals surface area (Å²) < 4.78 is 46.6. The number of benzene rings is 3. The zero-order chi connectivity index (χ0) is 19.7. The van der Waals surface area contributed by atoms with Crippen LogP contribution >= 0.6 is 0 Å². The van der Waals surface area contributed by atoms with E-state index in [4.69, 9.17) is 4.42 Å². The Kier molecular flexibility index (Phi) is 4.49. The van der Waals surface area contributed by atoms with E-state index < -0.39 is 23.2 Å². The Morgan fingerprint density at radius 1 is 0.786 bits per heavy atom. The van der Waals surface area contributed by atoms with E-state index in [0.717, 1.165) is 12.1 Å². The van der Waals surface area contributed by atoms with E-state index in [-0.39, 0.29) is 17.3 Å². The number of para-hydroxylation sites is 1. The average molecular weight is 382 g/mol. The average Bonchev–Trinajstić information content (AvgIpc) is 3.16. The molecule has 0 aliphatic carbocycles. The number of anilines is 2. The second-order valence-corrected chi connectivity index (χ2v) is 6.00. The first-order valence-corrected chi connectivity index (χ1v) is 8.27. The smallest absolute Gasteiger partial charge is 0.299 e. The largest absolute Gasteiger partial charge is 0.503 e. The summed E-state index contributed by atoms with van der Waals surface area (Å²) in [6, 6.07) is 15.1. The normalized spacial score (nSPS) is 10.8. The number of rotatable bonds is 4. The molecule has 0 bridgehead atoms. The van der Waals surface area contributed by atoms with Crippen molar-refractivity contribution in [2.45, 2.75) is 0 Å². The summed E-state index contributed by atoms with van der Waals surface area (Å²) in [5.74, 6) is -3.16. The monoisotopic (exact) mass is 382 g/mol. The van der Waals surface area contributed by atoms with Gasteiger partial charge in [0.05, 0.1) is 11.9 Å². The molecule has 0 aliphatic heterocycles. The number of nitrogens with zero attached hydrogens (tertiary/aromatic N) is 1. The summed E-state index contributed by atoms with van der Waals surface area (Å²) in [5.41, 5.74) is 1.62. The maximum Gasteiger partial charge on any atom is 0.299 e. The van der Waals surface area contributed by atoms with Gasteiger partial charge in [-0.1, -0.05) is 30.3 Å². The third-order valence-corrected chi connectivity index (χ3v) is 4.12. The van der Waals surface area contributed by atoms with Crippen molar-refractivity contribution < 1.29 is 22.7 Å². The lowest BCUT2D eigenvalue weighted by Gasteiger charge is -2.06. The molecule has 0 saturated carbocycles. The summed E-state index contributed by atoms with van der Waals surface area (Å²) in [7, 11) is 0. The lowest BCUT2D eigenvalue weighted by Crippen LogP contribution is -1.92. The predicted octanol–water partition coefficient (Wildman–Crippen LogP) is 5.88. The van der Waals surface area contributed by atoms with Crippen LogP contribution in [0.15, 0.2) is 71.3 Å². The molecule has 3 aromatic carbocycles. The Balaban J connectivity index is 1.64. The van der Waals surface area contributed by atoms with Crippen molar-refractivity contribution in [2.24, 2.45) is 0 Å². The van der Waals surface area contributed by atoms with E-state index in [0.29, 0.717) is 16.9 Å². The molecule has 28 heavy (non-hydrogen) atoms. The Morgan fingerprint density at radius 3 is 2.25 bits per heavy atom. The molecule has 0 aliphatic rings. The van der Waals surface area contributed by atoms with Crippen molar-refractivity contribution in [2.75, 3.05) is 5.32 Å². The van der Waals surface area contributed by atoms with Crippen LogP contribution in [0.25, 0.3) is 22.5 Å². The third kappa shape index (κ3) is 3.42. The van der Waals surface area contributed by atoms with Crippen molar-refractivity contribution >= 4 is 11.7 Å². The fraction of sp³-hybridized carbons (Fsp3) is 0. The third-order valence-electron chi connectivity index (χ3n) is 4.12. The number of aromatic hydroxyl groups is 1. The van der Waals surface area contributed by atoms with E-state index >= 15 is 0 Å². The first kappa shape index (κ1) is 17.7. The van der Waals surface area contributed by atoms with Crippen molar-refractivity contribution in [3.05, 3.63) is 84.3 Å². The minimum absolute atomic E-state index is 0.104. The van der Waals surface area contributed by atoms with Gasteiger partial charge in [-0.25, -0.2) is 18.2 Å². The van der Waals surface area contributed by atoms with Crippen LogP contribution in [-0.2, 0) is 0 Å². The maximum atomic E-state index is 13.7. The lowest BCUT2D eigenvalue weighted by atomic mass is 10.0. The van der Waals surface area contributed by atoms with Crippen LogP contribution < -0.4 is 5.32 Å². The van der Waals surface area contributed by atoms with Crippen molar-refractivity contribution in [1.82, 2.24) is 4.98 Å². The number of hydrogen-bond donors (Lipinski definition) is 2. The van der Waals surface area contributed by atoms with Gasteiger partial charge < -0.3 is 14.8 Å². The summed E-state index contributed by atoms with van der Waals surface area (Å²) in [4.78, 5) is 4.07. The first-order chi connectivity index (χ1) is 13.5. The van der Waals surface area contributed by atoms with Crippen LogP contribution in [0.4, 0.5) is 24.9 Å². The number of halogens is 3. The highest BCUT2D eigenvalue weighted by Gasteiger charge is 2.13. The van der Waals surface area contributed by atoms with E-state index in [1.807, 2.05) is 0 Å². The maximum absolute atomic E-state index is 13.7. The van der Waals surface area contributed by atoms with Crippen LogP contribution in [0.3, 0.4) is 0 Å². The lowest BCUT2D eigenvalue weighted by molar-refractivity contribution is 0.396. The standard InChI is InChI=1S/C21H13F3N2O2/c22-15-6-1-2-7-18(15)26-21-25-11-19(28-21)13-5-3-4-12(8-13)14-9-16(23)20(27)17(24)10-14/h1-11,27H,(H,25,26).